The summed E-state index contributed by atoms with van der Waals surface area (Å²) in [7, 11) is 1.60. The zero-order valence-corrected chi connectivity index (χ0v) is 13.2. The molecule has 6 heteroatoms. The molecule has 2 aromatic rings. The summed E-state index contributed by atoms with van der Waals surface area (Å²) in [5.74, 6) is 0.750. The van der Waals surface area contributed by atoms with E-state index in [9.17, 15) is 4.79 Å². The zero-order chi connectivity index (χ0) is 15.5. The van der Waals surface area contributed by atoms with Gasteiger partial charge in [0.1, 0.15) is 5.75 Å². The molecule has 0 fully saturated rings. The first-order valence-corrected chi connectivity index (χ1v) is 7.06. The lowest BCUT2D eigenvalue weighted by Gasteiger charge is -2.09. The van der Waals surface area contributed by atoms with Gasteiger partial charge in [0.05, 0.1) is 7.11 Å². The van der Waals surface area contributed by atoms with Gasteiger partial charge in [-0.15, -0.1) is 0 Å². The van der Waals surface area contributed by atoms with Gasteiger partial charge >= 0.3 is 5.63 Å². The highest BCUT2D eigenvalue weighted by Crippen LogP contribution is 2.37. The Morgan fingerprint density at radius 3 is 2.24 bits per heavy atom. The van der Waals surface area contributed by atoms with E-state index in [1.807, 2.05) is 30.3 Å². The fourth-order valence-electron chi connectivity index (χ4n) is 1.64. The van der Waals surface area contributed by atoms with Crippen LogP contribution in [0, 0.1) is 0 Å². The van der Waals surface area contributed by atoms with Crippen LogP contribution in [0.4, 0.5) is 0 Å². The van der Waals surface area contributed by atoms with Crippen LogP contribution in [0.1, 0.15) is 16.9 Å². The normalized spacial score (nSPS) is 11.8. The molecule has 0 saturated heterocycles. The van der Waals surface area contributed by atoms with E-state index in [-0.39, 0.29) is 5.76 Å². The summed E-state index contributed by atoms with van der Waals surface area (Å²) in [5.41, 5.74) is 0.955. The van der Waals surface area contributed by atoms with E-state index in [0.29, 0.717) is 5.56 Å². The minimum atomic E-state index is -1.77. The quantitative estimate of drug-likeness (QED) is 0.760. The van der Waals surface area contributed by atoms with Gasteiger partial charge in [0, 0.05) is 6.07 Å². The van der Waals surface area contributed by atoms with Crippen LogP contribution in [0.15, 0.2) is 45.6 Å². The Morgan fingerprint density at radius 1 is 1.05 bits per heavy atom. The van der Waals surface area contributed by atoms with Crippen molar-refractivity contribution in [2.45, 2.75) is 3.79 Å². The first-order chi connectivity index (χ1) is 9.88. The number of hydrogen-bond donors (Lipinski definition) is 0. The molecule has 0 spiro atoms. The fourth-order valence-corrected chi connectivity index (χ4v) is 1.92. The van der Waals surface area contributed by atoms with Crippen LogP contribution >= 0.6 is 34.8 Å². The van der Waals surface area contributed by atoms with Gasteiger partial charge in [-0.1, -0.05) is 59.1 Å². The molecule has 0 bridgehead atoms. The van der Waals surface area contributed by atoms with E-state index < -0.39 is 9.42 Å². The van der Waals surface area contributed by atoms with E-state index >= 15 is 0 Å². The largest absolute Gasteiger partial charge is 0.497 e. The molecule has 1 heterocycles. The van der Waals surface area contributed by atoms with Crippen LogP contribution in [-0.4, -0.2) is 7.11 Å². The molecule has 0 aliphatic carbocycles. The Labute approximate surface area is 136 Å². The van der Waals surface area contributed by atoms with Crippen molar-refractivity contribution in [3.05, 3.63) is 63.7 Å². The molecule has 0 unspecified atom stereocenters. The highest BCUT2D eigenvalue weighted by atomic mass is 35.6. The lowest BCUT2D eigenvalue weighted by Crippen LogP contribution is -2.07. The van der Waals surface area contributed by atoms with Crippen molar-refractivity contribution >= 4 is 47.0 Å². The Kier molecular flexibility index (Phi) is 4.99. The monoisotopic (exact) mass is 344 g/mol. The van der Waals surface area contributed by atoms with Crippen LogP contribution in [0.25, 0.3) is 12.2 Å². The predicted octanol–water partition coefficient (Wildman–Crippen LogP) is 4.65. The van der Waals surface area contributed by atoms with Crippen molar-refractivity contribution in [1.29, 1.82) is 0 Å². The third-order valence-corrected chi connectivity index (χ3v) is 3.22. The van der Waals surface area contributed by atoms with Crippen molar-refractivity contribution in [3.8, 4) is 5.75 Å². The second-order valence-corrected chi connectivity index (χ2v) is 6.46. The van der Waals surface area contributed by atoms with E-state index in [0.717, 1.165) is 11.3 Å². The van der Waals surface area contributed by atoms with Crippen molar-refractivity contribution in [2.24, 2.45) is 0 Å². The summed E-state index contributed by atoms with van der Waals surface area (Å²) in [5, 5.41) is 0. The molecule has 3 nitrogen and oxygen atoms in total. The molecular weight excluding hydrogens is 335 g/mol. The first kappa shape index (κ1) is 16.0. The van der Waals surface area contributed by atoms with Crippen molar-refractivity contribution in [3.63, 3.8) is 0 Å². The van der Waals surface area contributed by atoms with E-state index in [4.69, 9.17) is 44.0 Å². The van der Waals surface area contributed by atoms with E-state index in [1.165, 1.54) is 12.1 Å². The molecule has 0 amide bonds. The summed E-state index contributed by atoms with van der Waals surface area (Å²) >= 11 is 17.1. The van der Waals surface area contributed by atoms with Crippen molar-refractivity contribution < 1.29 is 9.15 Å². The van der Waals surface area contributed by atoms with Crippen LogP contribution < -0.4 is 10.4 Å². The third kappa shape index (κ3) is 4.53. The molecule has 0 radical (unpaired) electrons. The van der Waals surface area contributed by atoms with Gasteiger partial charge in [-0.25, -0.2) is 4.79 Å². The Morgan fingerprint density at radius 2 is 1.67 bits per heavy atom. The minimum absolute atomic E-state index is 0.0191. The van der Waals surface area contributed by atoms with Gasteiger partial charge in [-0.05, 0) is 29.3 Å². The lowest BCUT2D eigenvalue weighted by atomic mass is 10.1. The highest BCUT2D eigenvalue weighted by Gasteiger charge is 2.26. The van der Waals surface area contributed by atoms with Crippen LogP contribution in [0.5, 0.6) is 5.75 Å². The van der Waals surface area contributed by atoms with Crippen molar-refractivity contribution in [2.75, 3.05) is 7.11 Å². The topological polar surface area (TPSA) is 39.4 Å². The zero-order valence-electron chi connectivity index (χ0n) is 11.0. The van der Waals surface area contributed by atoms with Crippen LogP contribution in [0.3, 0.4) is 0 Å². The predicted molar refractivity (Wildman–Crippen MR) is 86.1 cm³/mol. The maximum Gasteiger partial charge on any atom is 0.336 e. The number of halogens is 3. The third-order valence-electron chi connectivity index (χ3n) is 2.66. The summed E-state index contributed by atoms with van der Waals surface area (Å²) in [6, 6.07) is 10.3. The molecule has 1 aromatic heterocycles. The molecule has 2 rings (SSSR count). The SMILES string of the molecule is COc1ccc(/C=C/c2cc(C(Cl)(Cl)Cl)oc(=O)c2)cc1. The van der Waals surface area contributed by atoms with Gasteiger partial charge in [0.2, 0.25) is 3.79 Å². The molecule has 0 aliphatic heterocycles. The summed E-state index contributed by atoms with van der Waals surface area (Å²) < 4.78 is 8.17. The van der Waals surface area contributed by atoms with Gasteiger partial charge < -0.3 is 9.15 Å². The second-order valence-electron chi connectivity index (χ2n) is 4.18. The maximum atomic E-state index is 11.5. The summed E-state index contributed by atoms with van der Waals surface area (Å²) in [6.45, 7) is 0. The number of ether oxygens (including phenoxy) is 1. The second kappa shape index (κ2) is 6.56. The number of rotatable bonds is 3. The molecule has 0 saturated carbocycles. The average molecular weight is 346 g/mol. The van der Waals surface area contributed by atoms with Crippen LogP contribution in [0.2, 0.25) is 0 Å². The van der Waals surface area contributed by atoms with Crippen molar-refractivity contribution in [1.82, 2.24) is 0 Å². The fraction of sp³-hybridized carbons (Fsp3) is 0.133. The minimum Gasteiger partial charge on any atom is -0.497 e. The van der Waals surface area contributed by atoms with Gasteiger partial charge in [-0.2, -0.15) is 0 Å². The summed E-state index contributed by atoms with van der Waals surface area (Å²) in [4.78, 5) is 11.5. The molecule has 0 N–H and O–H groups in total. The summed E-state index contributed by atoms with van der Waals surface area (Å²) in [6.07, 6.45) is 3.56. The lowest BCUT2D eigenvalue weighted by molar-refractivity contribution is 0.415. The number of hydrogen-bond acceptors (Lipinski definition) is 3. The van der Waals surface area contributed by atoms with Gasteiger partial charge in [0.25, 0.3) is 0 Å². The molecule has 21 heavy (non-hydrogen) atoms. The molecule has 0 aliphatic rings. The molecule has 110 valence electrons. The molecule has 0 atom stereocenters. The smallest absolute Gasteiger partial charge is 0.336 e. The maximum absolute atomic E-state index is 11.5. The highest BCUT2D eigenvalue weighted by molar-refractivity contribution is 6.66. The Bertz CT molecular complexity index is 697. The van der Waals surface area contributed by atoms with Crippen LogP contribution in [-0.2, 0) is 3.79 Å². The van der Waals surface area contributed by atoms with Gasteiger partial charge in [-0.3, -0.25) is 0 Å². The number of alkyl halides is 3. The molecule has 1 aromatic carbocycles. The first-order valence-electron chi connectivity index (χ1n) is 5.93. The Hall–Kier alpha value is -1.42. The number of benzene rings is 1. The number of methoxy groups -OCH3 is 1. The average Bonchev–Trinajstić information content (AvgIpc) is 2.44. The van der Waals surface area contributed by atoms with Gasteiger partial charge in [0.15, 0.2) is 5.76 Å². The van der Waals surface area contributed by atoms with E-state index in [1.54, 1.807) is 13.2 Å². The molecular formula is C15H11Cl3O3. The Balaban J connectivity index is 2.28. The standard InChI is InChI=1S/C15H11Cl3O3/c1-20-12-6-4-10(5-7-12)2-3-11-8-13(15(16,17)18)21-14(19)9-11/h2-9H,1H3/b3-2+. The van der Waals surface area contributed by atoms with E-state index in [2.05, 4.69) is 0 Å².